The summed E-state index contributed by atoms with van der Waals surface area (Å²) in [5.74, 6) is -2.97. The van der Waals surface area contributed by atoms with E-state index in [1.807, 2.05) is 18.2 Å². The van der Waals surface area contributed by atoms with Crippen LogP contribution in [-0.2, 0) is 18.8 Å². The van der Waals surface area contributed by atoms with E-state index in [2.05, 4.69) is 6.92 Å². The van der Waals surface area contributed by atoms with Gasteiger partial charge in [-0.3, -0.25) is 0 Å². The van der Waals surface area contributed by atoms with Crippen LogP contribution in [0.1, 0.15) is 35.6 Å². The Morgan fingerprint density at radius 3 is 2.33 bits per heavy atom. The maximum Gasteiger partial charge on any atom is 0.277 e. The van der Waals surface area contributed by atoms with Gasteiger partial charge in [-0.25, -0.2) is 8.78 Å². The van der Waals surface area contributed by atoms with Crippen molar-refractivity contribution in [3.05, 3.63) is 70.8 Å². The second-order valence-electron chi connectivity index (χ2n) is 5.14. The molecule has 2 aromatic rings. The van der Waals surface area contributed by atoms with Gasteiger partial charge in [-0.2, -0.15) is 5.26 Å². The fourth-order valence-electron chi connectivity index (χ4n) is 2.29. The zero-order valence-electron chi connectivity index (χ0n) is 11.9. The summed E-state index contributed by atoms with van der Waals surface area (Å²) in [6.07, 6.45) is 1.64. The number of nitriles is 1. The Kier molecular flexibility index (Phi) is 4.70. The number of alkyl halides is 2. The molecule has 0 aliphatic rings. The van der Waals surface area contributed by atoms with Gasteiger partial charge in [-0.15, -0.1) is 0 Å². The van der Waals surface area contributed by atoms with Gasteiger partial charge in [0.15, 0.2) is 0 Å². The van der Waals surface area contributed by atoms with E-state index in [0.29, 0.717) is 5.56 Å². The molecule has 1 nitrogen and oxygen atoms in total. The van der Waals surface area contributed by atoms with Gasteiger partial charge < -0.3 is 0 Å². The van der Waals surface area contributed by atoms with Gasteiger partial charge in [-0.1, -0.05) is 49.7 Å². The molecule has 0 saturated carbocycles. The fraction of sp³-hybridized carbons (Fsp3) is 0.278. The molecule has 0 saturated heterocycles. The molecule has 0 aromatic heterocycles. The summed E-state index contributed by atoms with van der Waals surface area (Å²) in [7, 11) is 0. The molecule has 2 aromatic carbocycles. The number of benzene rings is 2. The van der Waals surface area contributed by atoms with Crippen LogP contribution in [0.2, 0.25) is 0 Å². The highest BCUT2D eigenvalue weighted by atomic mass is 19.3. The standard InChI is InChI=1S/C18H17F2N/c1-2-4-14-7-9-15(10-8-14)12-18(19,20)17-6-3-5-16(11-17)13-21/h3,5-11H,2,4,12H2,1H3. The Hall–Kier alpha value is -2.21. The molecule has 0 N–H and O–H groups in total. The SMILES string of the molecule is CCCc1ccc(CC(F)(F)c2cccc(C#N)c2)cc1. The van der Waals surface area contributed by atoms with Crippen molar-refractivity contribution in [3.8, 4) is 6.07 Å². The summed E-state index contributed by atoms with van der Waals surface area (Å²) in [5.41, 5.74) is 1.91. The molecular weight excluding hydrogens is 268 g/mol. The minimum atomic E-state index is -2.97. The van der Waals surface area contributed by atoms with E-state index in [1.54, 1.807) is 12.1 Å². The molecule has 108 valence electrons. The van der Waals surface area contributed by atoms with Gasteiger partial charge in [-0.05, 0) is 29.7 Å². The van der Waals surface area contributed by atoms with Crippen LogP contribution in [0.15, 0.2) is 48.5 Å². The average molecular weight is 285 g/mol. The number of halogens is 2. The maximum atomic E-state index is 14.3. The predicted molar refractivity (Wildman–Crippen MR) is 79.2 cm³/mol. The fourth-order valence-corrected chi connectivity index (χ4v) is 2.29. The van der Waals surface area contributed by atoms with E-state index in [9.17, 15) is 8.78 Å². The number of aryl methyl sites for hydroxylation is 1. The molecule has 0 unspecified atom stereocenters. The van der Waals surface area contributed by atoms with Crippen molar-refractivity contribution < 1.29 is 8.78 Å². The zero-order valence-corrected chi connectivity index (χ0v) is 11.9. The van der Waals surface area contributed by atoms with Gasteiger partial charge >= 0.3 is 0 Å². The molecule has 0 radical (unpaired) electrons. The van der Waals surface area contributed by atoms with Gasteiger partial charge in [0.25, 0.3) is 5.92 Å². The molecule has 0 amide bonds. The summed E-state index contributed by atoms with van der Waals surface area (Å²) in [5, 5.41) is 8.80. The molecule has 0 aliphatic heterocycles. The van der Waals surface area contributed by atoms with Crippen LogP contribution in [0.25, 0.3) is 0 Å². The smallest absolute Gasteiger partial charge is 0.201 e. The number of hydrogen-bond acceptors (Lipinski definition) is 1. The highest BCUT2D eigenvalue weighted by Gasteiger charge is 2.31. The van der Waals surface area contributed by atoms with Crippen LogP contribution in [-0.4, -0.2) is 0 Å². The van der Waals surface area contributed by atoms with Crippen molar-refractivity contribution in [1.29, 1.82) is 5.26 Å². The molecule has 3 heteroatoms. The van der Waals surface area contributed by atoms with Crippen molar-refractivity contribution in [2.24, 2.45) is 0 Å². The molecule has 2 rings (SSSR count). The van der Waals surface area contributed by atoms with Crippen LogP contribution in [0.3, 0.4) is 0 Å². The van der Waals surface area contributed by atoms with Crippen LogP contribution in [0.5, 0.6) is 0 Å². The van der Waals surface area contributed by atoms with Gasteiger partial charge in [0.1, 0.15) is 0 Å². The zero-order chi connectivity index (χ0) is 15.3. The Morgan fingerprint density at radius 2 is 1.71 bits per heavy atom. The lowest BCUT2D eigenvalue weighted by Gasteiger charge is -2.17. The number of nitrogens with zero attached hydrogens (tertiary/aromatic N) is 1. The van der Waals surface area contributed by atoms with Crippen LogP contribution in [0, 0.1) is 11.3 Å². The third-order valence-corrected chi connectivity index (χ3v) is 3.40. The van der Waals surface area contributed by atoms with Crippen molar-refractivity contribution in [2.45, 2.75) is 32.1 Å². The second-order valence-corrected chi connectivity index (χ2v) is 5.14. The molecule has 0 fully saturated rings. The van der Waals surface area contributed by atoms with E-state index in [0.717, 1.165) is 18.4 Å². The first-order valence-electron chi connectivity index (χ1n) is 7.01. The Bertz CT molecular complexity index is 639. The van der Waals surface area contributed by atoms with Crippen LogP contribution >= 0.6 is 0 Å². The summed E-state index contributed by atoms with van der Waals surface area (Å²) >= 11 is 0. The van der Waals surface area contributed by atoms with Crippen molar-refractivity contribution >= 4 is 0 Å². The molecule has 0 bridgehead atoms. The van der Waals surface area contributed by atoms with Crippen molar-refractivity contribution in [3.63, 3.8) is 0 Å². The first-order chi connectivity index (χ1) is 10.0. The van der Waals surface area contributed by atoms with E-state index in [4.69, 9.17) is 5.26 Å². The Labute approximate surface area is 123 Å². The van der Waals surface area contributed by atoms with E-state index in [-0.39, 0.29) is 17.5 Å². The van der Waals surface area contributed by atoms with Crippen molar-refractivity contribution in [2.75, 3.05) is 0 Å². The highest BCUT2D eigenvalue weighted by molar-refractivity contribution is 5.35. The molecule has 21 heavy (non-hydrogen) atoms. The van der Waals surface area contributed by atoms with Crippen LogP contribution < -0.4 is 0 Å². The third kappa shape index (κ3) is 3.88. The van der Waals surface area contributed by atoms with E-state index >= 15 is 0 Å². The van der Waals surface area contributed by atoms with Gasteiger partial charge in [0.2, 0.25) is 0 Å². The molecule has 0 atom stereocenters. The first kappa shape index (κ1) is 15.2. The van der Waals surface area contributed by atoms with E-state index < -0.39 is 5.92 Å². The summed E-state index contributed by atoms with van der Waals surface area (Å²) < 4.78 is 28.6. The topological polar surface area (TPSA) is 23.8 Å². The minimum absolute atomic E-state index is 0.112. The quantitative estimate of drug-likeness (QED) is 0.770. The molecular formula is C18H17F2N. The Morgan fingerprint density at radius 1 is 1.05 bits per heavy atom. The third-order valence-electron chi connectivity index (χ3n) is 3.40. The lowest BCUT2D eigenvalue weighted by Crippen LogP contribution is -2.17. The van der Waals surface area contributed by atoms with Crippen LogP contribution in [0.4, 0.5) is 8.78 Å². The lowest BCUT2D eigenvalue weighted by atomic mass is 9.98. The summed E-state index contributed by atoms with van der Waals surface area (Å²) in [4.78, 5) is 0. The highest BCUT2D eigenvalue weighted by Crippen LogP contribution is 2.32. The molecule has 0 heterocycles. The normalized spacial score (nSPS) is 11.1. The summed E-state index contributed by atoms with van der Waals surface area (Å²) in [6, 6.07) is 14.9. The maximum absolute atomic E-state index is 14.3. The van der Waals surface area contributed by atoms with E-state index in [1.165, 1.54) is 24.3 Å². The largest absolute Gasteiger partial charge is 0.277 e. The lowest BCUT2D eigenvalue weighted by molar-refractivity contribution is -0.00384. The average Bonchev–Trinajstić information content (AvgIpc) is 2.49. The minimum Gasteiger partial charge on any atom is -0.201 e. The summed E-state index contributed by atoms with van der Waals surface area (Å²) in [6.45, 7) is 2.09. The van der Waals surface area contributed by atoms with Crippen molar-refractivity contribution in [1.82, 2.24) is 0 Å². The predicted octanol–water partition coefficient (Wildman–Crippen LogP) is 4.85. The first-order valence-corrected chi connectivity index (χ1v) is 7.01. The second kappa shape index (κ2) is 6.49. The van der Waals surface area contributed by atoms with Gasteiger partial charge in [0.05, 0.1) is 11.6 Å². The number of rotatable bonds is 5. The Balaban J connectivity index is 2.18. The molecule has 0 aliphatic carbocycles. The van der Waals surface area contributed by atoms with Gasteiger partial charge in [0, 0.05) is 12.0 Å². The monoisotopic (exact) mass is 285 g/mol. The molecule has 0 spiro atoms. The number of hydrogen-bond donors (Lipinski definition) is 0.